The molecule has 0 radical (unpaired) electrons. The van der Waals surface area contributed by atoms with E-state index in [2.05, 4.69) is 9.97 Å². The second-order valence-corrected chi connectivity index (χ2v) is 5.56. The molecule has 0 aliphatic heterocycles. The minimum atomic E-state index is 0.323. The largest absolute Gasteiger partial charge is 0.384 e. The fourth-order valence-electron chi connectivity index (χ4n) is 1.31. The number of rotatable bonds is 3. The molecule has 1 aromatic carbocycles. The van der Waals surface area contributed by atoms with Crippen LogP contribution in [0.3, 0.4) is 0 Å². The predicted molar refractivity (Wildman–Crippen MR) is 77.5 cm³/mol. The molecule has 18 heavy (non-hydrogen) atoms. The normalized spacial score (nSPS) is 10.6. The molecule has 3 nitrogen and oxygen atoms in total. The Hall–Kier alpha value is -0.680. The summed E-state index contributed by atoms with van der Waals surface area (Å²) >= 11 is 19.4. The van der Waals surface area contributed by atoms with Gasteiger partial charge >= 0.3 is 0 Å². The summed E-state index contributed by atoms with van der Waals surface area (Å²) in [4.78, 5) is 8.95. The third-order valence-corrected chi connectivity index (χ3v) is 4.20. The van der Waals surface area contributed by atoms with Crippen molar-refractivity contribution >= 4 is 52.4 Å². The molecule has 0 spiro atoms. The first-order valence-electron chi connectivity index (χ1n) is 4.92. The summed E-state index contributed by atoms with van der Waals surface area (Å²) in [6.07, 6.45) is 0. The summed E-state index contributed by atoms with van der Waals surface area (Å²) in [6, 6.07) is 6.85. The Kier molecular flexibility index (Phi) is 4.56. The maximum Gasteiger partial charge on any atom is 0.142 e. The highest BCUT2D eigenvalue weighted by molar-refractivity contribution is 7.98. The van der Waals surface area contributed by atoms with Crippen molar-refractivity contribution in [3.05, 3.63) is 45.3 Å². The van der Waals surface area contributed by atoms with Crippen LogP contribution in [0.15, 0.2) is 29.2 Å². The van der Waals surface area contributed by atoms with E-state index >= 15 is 0 Å². The van der Waals surface area contributed by atoms with Crippen molar-refractivity contribution in [1.29, 1.82) is 0 Å². The lowest BCUT2D eigenvalue weighted by Gasteiger charge is -2.06. The first-order chi connectivity index (χ1) is 8.56. The third-order valence-electron chi connectivity index (χ3n) is 2.03. The van der Waals surface area contributed by atoms with Crippen molar-refractivity contribution < 1.29 is 0 Å². The number of hydrogen-bond acceptors (Lipinski definition) is 4. The number of hydrogen-bond donors (Lipinski definition) is 1. The van der Waals surface area contributed by atoms with Gasteiger partial charge in [0.15, 0.2) is 0 Å². The lowest BCUT2D eigenvalue weighted by molar-refractivity contribution is 1.04. The van der Waals surface area contributed by atoms with Crippen LogP contribution in [0, 0.1) is 0 Å². The summed E-state index contributed by atoms with van der Waals surface area (Å²) in [5.41, 5.74) is 5.59. The van der Waals surface area contributed by atoms with Gasteiger partial charge in [-0.05, 0) is 12.1 Å². The summed E-state index contributed by atoms with van der Waals surface area (Å²) < 4.78 is 0. The number of nitrogen functional groups attached to an aromatic ring is 1. The molecule has 0 amide bonds. The second-order valence-electron chi connectivity index (χ2n) is 3.37. The van der Waals surface area contributed by atoms with Gasteiger partial charge in [-0.15, -0.1) is 11.8 Å². The van der Waals surface area contributed by atoms with Crippen molar-refractivity contribution in [2.45, 2.75) is 10.6 Å². The van der Waals surface area contributed by atoms with Gasteiger partial charge in [0.05, 0.1) is 15.8 Å². The lowest BCUT2D eigenvalue weighted by atomic mass is 10.4. The van der Waals surface area contributed by atoms with Crippen LogP contribution in [0.4, 0.5) is 5.82 Å². The van der Waals surface area contributed by atoms with Gasteiger partial charge in [-0.2, -0.15) is 0 Å². The van der Waals surface area contributed by atoms with Crippen LogP contribution in [0.25, 0.3) is 0 Å². The SMILES string of the molecule is Nc1cc(Cl)nc(CSc2c(Cl)cccc2Cl)n1. The van der Waals surface area contributed by atoms with E-state index < -0.39 is 0 Å². The molecule has 0 unspecified atom stereocenters. The van der Waals surface area contributed by atoms with Gasteiger partial charge in [-0.3, -0.25) is 0 Å². The molecule has 2 N–H and O–H groups in total. The number of aromatic nitrogens is 2. The number of nitrogens with zero attached hydrogens (tertiary/aromatic N) is 2. The van der Waals surface area contributed by atoms with E-state index in [0.717, 1.165) is 4.90 Å². The summed E-state index contributed by atoms with van der Waals surface area (Å²) in [6.45, 7) is 0. The number of thioether (sulfide) groups is 1. The van der Waals surface area contributed by atoms with Crippen molar-refractivity contribution in [1.82, 2.24) is 9.97 Å². The molecule has 94 valence electrons. The van der Waals surface area contributed by atoms with Gasteiger partial charge in [0.1, 0.15) is 16.8 Å². The zero-order chi connectivity index (χ0) is 13.1. The summed E-state index contributed by atoms with van der Waals surface area (Å²) in [5.74, 6) is 1.38. The summed E-state index contributed by atoms with van der Waals surface area (Å²) in [5, 5.41) is 1.52. The van der Waals surface area contributed by atoms with E-state index in [0.29, 0.717) is 32.6 Å². The van der Waals surface area contributed by atoms with Crippen LogP contribution < -0.4 is 5.73 Å². The van der Waals surface area contributed by atoms with Crippen molar-refractivity contribution in [3.8, 4) is 0 Å². The molecule has 2 aromatic rings. The van der Waals surface area contributed by atoms with Crippen LogP contribution in [0.2, 0.25) is 15.2 Å². The van der Waals surface area contributed by atoms with Gasteiger partial charge in [-0.1, -0.05) is 40.9 Å². The van der Waals surface area contributed by atoms with Crippen molar-refractivity contribution in [2.24, 2.45) is 0 Å². The first kappa shape index (κ1) is 13.7. The van der Waals surface area contributed by atoms with Crippen LogP contribution in [0.5, 0.6) is 0 Å². The van der Waals surface area contributed by atoms with Gasteiger partial charge in [0, 0.05) is 11.0 Å². The van der Waals surface area contributed by atoms with Gasteiger partial charge < -0.3 is 5.73 Å². The molecular weight excluding hydrogens is 313 g/mol. The average molecular weight is 321 g/mol. The quantitative estimate of drug-likeness (QED) is 0.676. The van der Waals surface area contributed by atoms with Gasteiger partial charge in [-0.25, -0.2) is 9.97 Å². The Bertz CT molecular complexity index is 537. The molecule has 2 rings (SSSR count). The smallest absolute Gasteiger partial charge is 0.142 e. The molecule has 1 heterocycles. The standard InChI is InChI=1S/C11H8Cl3N3S/c12-6-2-1-3-7(13)11(6)18-5-10-16-8(14)4-9(15)17-10/h1-4H,5H2,(H2,15,16,17). The van der Waals surface area contributed by atoms with Crippen LogP contribution >= 0.6 is 46.6 Å². The Morgan fingerprint density at radius 1 is 1.11 bits per heavy atom. The monoisotopic (exact) mass is 319 g/mol. The topological polar surface area (TPSA) is 51.8 Å². The van der Waals surface area contributed by atoms with E-state index in [-0.39, 0.29) is 0 Å². The number of nitrogens with two attached hydrogens (primary N) is 1. The highest BCUT2D eigenvalue weighted by Crippen LogP contribution is 2.35. The van der Waals surface area contributed by atoms with Crippen LogP contribution in [-0.2, 0) is 5.75 Å². The Balaban J connectivity index is 2.16. The van der Waals surface area contributed by atoms with Crippen molar-refractivity contribution in [3.63, 3.8) is 0 Å². The molecule has 0 bridgehead atoms. The maximum atomic E-state index is 6.06. The Morgan fingerprint density at radius 2 is 1.78 bits per heavy atom. The molecule has 0 aliphatic carbocycles. The lowest BCUT2D eigenvalue weighted by Crippen LogP contribution is -1.98. The number of halogens is 3. The minimum absolute atomic E-state index is 0.323. The van der Waals surface area contributed by atoms with Gasteiger partial charge in [0.2, 0.25) is 0 Å². The molecule has 0 atom stereocenters. The zero-order valence-electron chi connectivity index (χ0n) is 9.03. The Morgan fingerprint density at radius 3 is 2.39 bits per heavy atom. The molecule has 7 heteroatoms. The first-order valence-corrected chi connectivity index (χ1v) is 7.04. The van der Waals surface area contributed by atoms with Crippen molar-refractivity contribution in [2.75, 3.05) is 5.73 Å². The minimum Gasteiger partial charge on any atom is -0.384 e. The van der Waals surface area contributed by atoms with E-state index in [1.54, 1.807) is 18.2 Å². The van der Waals surface area contributed by atoms with Gasteiger partial charge in [0.25, 0.3) is 0 Å². The molecule has 0 aliphatic rings. The molecule has 0 saturated carbocycles. The highest BCUT2D eigenvalue weighted by atomic mass is 35.5. The average Bonchev–Trinajstić information content (AvgIpc) is 2.27. The van der Waals surface area contributed by atoms with E-state index in [1.807, 2.05) is 0 Å². The molecular formula is C11H8Cl3N3S. The fraction of sp³-hybridized carbons (Fsp3) is 0.0909. The zero-order valence-corrected chi connectivity index (χ0v) is 12.1. The maximum absolute atomic E-state index is 6.06. The van der Waals surface area contributed by atoms with Crippen LogP contribution in [-0.4, -0.2) is 9.97 Å². The third kappa shape index (κ3) is 3.42. The van der Waals surface area contributed by atoms with Crippen LogP contribution in [0.1, 0.15) is 5.82 Å². The predicted octanol–water partition coefficient (Wildman–Crippen LogP) is 4.31. The molecule has 0 fully saturated rings. The number of benzene rings is 1. The molecule has 0 saturated heterocycles. The highest BCUT2D eigenvalue weighted by Gasteiger charge is 2.08. The van der Waals surface area contributed by atoms with E-state index in [4.69, 9.17) is 40.5 Å². The Labute approximate surface area is 124 Å². The van der Waals surface area contributed by atoms with E-state index in [9.17, 15) is 0 Å². The fourth-order valence-corrected chi connectivity index (χ4v) is 3.05. The second kappa shape index (κ2) is 5.97. The van der Waals surface area contributed by atoms with E-state index in [1.165, 1.54) is 17.8 Å². The molecule has 1 aromatic heterocycles. The summed E-state index contributed by atoms with van der Waals surface area (Å²) in [7, 11) is 0. The number of anilines is 1.